The van der Waals surface area contributed by atoms with Crippen LogP contribution in [0.5, 0.6) is 0 Å². The van der Waals surface area contributed by atoms with Crippen LogP contribution in [0.25, 0.3) is 31.4 Å². The maximum Gasteiger partial charge on any atom is 0.0460 e. The van der Waals surface area contributed by atoms with Gasteiger partial charge in [-0.15, -0.1) is 34.0 Å². The highest BCUT2D eigenvalue weighted by Gasteiger charge is 2.10. The third kappa shape index (κ3) is 18.6. The van der Waals surface area contributed by atoms with Gasteiger partial charge in [0.1, 0.15) is 0 Å². The molecule has 0 amide bonds. The van der Waals surface area contributed by atoms with E-state index in [1.165, 1.54) is 172 Å². The molecule has 4 heteroatoms. The van der Waals surface area contributed by atoms with Crippen molar-refractivity contribution in [2.75, 3.05) is 0 Å². The first-order valence-electron chi connectivity index (χ1n) is 22.9. The van der Waals surface area contributed by atoms with Crippen molar-refractivity contribution < 1.29 is 0 Å². The predicted molar refractivity (Wildman–Crippen MR) is 265 cm³/mol. The van der Waals surface area contributed by atoms with E-state index in [1.807, 2.05) is 46.3 Å². The standard InChI is InChI=1S/C18H30.C16H11NS.2C10H16S/c1-2-3-4-5-6-7-8-9-10-12-15-18-16-13-11-14-17-18;1-2-8-14-12(5-1)16-11(13-7-4-10-17-13)6-3-9-15(16)18-14;2*1-2-3-4-5-7-10-8-6-9-11-10/h11,13-14,16-17H,2-10,12,15H2,1H3;1-10,17H;2*6,8-9H,2-5,7H2,1H3. The summed E-state index contributed by atoms with van der Waals surface area (Å²) in [5.74, 6) is 0. The summed E-state index contributed by atoms with van der Waals surface area (Å²) in [6.45, 7) is 6.79. The molecule has 0 radical (unpaired) electrons. The summed E-state index contributed by atoms with van der Waals surface area (Å²) in [6, 6.07) is 38.9. The monoisotopic (exact) mass is 831 g/mol. The fourth-order valence-corrected chi connectivity index (χ4v) is 9.95. The van der Waals surface area contributed by atoms with Gasteiger partial charge in [0.25, 0.3) is 0 Å². The van der Waals surface area contributed by atoms with E-state index in [4.69, 9.17) is 0 Å². The van der Waals surface area contributed by atoms with Gasteiger partial charge in [-0.25, -0.2) is 0 Å². The number of nitrogens with one attached hydrogen (secondary N) is 1. The average Bonchev–Trinajstić information content (AvgIpc) is 4.12. The molecule has 0 saturated carbocycles. The van der Waals surface area contributed by atoms with Crippen molar-refractivity contribution in [2.45, 2.75) is 156 Å². The molecule has 4 aromatic heterocycles. The van der Waals surface area contributed by atoms with E-state index in [0.29, 0.717) is 0 Å². The van der Waals surface area contributed by atoms with Gasteiger partial charge in [-0.05, 0) is 91.2 Å². The molecular weight excluding hydrogens is 759 g/mol. The zero-order valence-electron chi connectivity index (χ0n) is 36.2. The van der Waals surface area contributed by atoms with Crippen LogP contribution in [0, 0.1) is 0 Å². The SMILES string of the molecule is CCCCCCCCCCCCc1ccccc1.CCCCCCc1cccs1.CCCCCCc1cccs1.c1c[nH]c(-c2cccc3sc4ccccc4c23)c1. The summed E-state index contributed by atoms with van der Waals surface area (Å²) in [4.78, 5) is 6.39. The number of hydrogen-bond donors (Lipinski definition) is 1. The topological polar surface area (TPSA) is 15.8 Å². The Morgan fingerprint density at radius 1 is 0.414 bits per heavy atom. The Kier molecular flexibility index (Phi) is 24.9. The Morgan fingerprint density at radius 2 is 0.931 bits per heavy atom. The lowest BCUT2D eigenvalue weighted by atomic mass is 10.0. The first-order chi connectivity index (χ1) is 28.7. The molecule has 312 valence electrons. The first kappa shape index (κ1) is 47.2. The summed E-state index contributed by atoms with van der Waals surface area (Å²) in [7, 11) is 0. The van der Waals surface area contributed by atoms with Gasteiger partial charge in [0.05, 0.1) is 0 Å². The molecule has 0 aliphatic heterocycles. The van der Waals surface area contributed by atoms with Crippen LogP contribution in [0.3, 0.4) is 0 Å². The maximum absolute atomic E-state index is 3.30. The fourth-order valence-electron chi connectivity index (χ4n) is 7.32. The van der Waals surface area contributed by atoms with Gasteiger partial charge < -0.3 is 4.98 Å². The number of fused-ring (bicyclic) bond motifs is 3. The minimum atomic E-state index is 1.18. The van der Waals surface area contributed by atoms with Crippen molar-refractivity contribution in [3.05, 3.63) is 141 Å². The van der Waals surface area contributed by atoms with Crippen molar-refractivity contribution in [3.63, 3.8) is 0 Å². The second kappa shape index (κ2) is 30.6. The molecule has 0 spiro atoms. The number of benzene rings is 3. The van der Waals surface area contributed by atoms with Gasteiger partial charge in [-0.1, -0.05) is 190 Å². The van der Waals surface area contributed by atoms with E-state index in [2.05, 4.69) is 140 Å². The van der Waals surface area contributed by atoms with E-state index in [9.17, 15) is 0 Å². The largest absolute Gasteiger partial charge is 0.361 e. The Hall–Kier alpha value is -3.44. The molecule has 0 fully saturated rings. The molecule has 0 bridgehead atoms. The zero-order valence-corrected chi connectivity index (χ0v) is 38.6. The Bertz CT molecular complexity index is 1890. The number of aryl methyl sites for hydroxylation is 3. The van der Waals surface area contributed by atoms with Crippen LogP contribution in [-0.2, 0) is 19.3 Å². The van der Waals surface area contributed by atoms with Crippen molar-refractivity contribution in [3.8, 4) is 11.3 Å². The quantitative estimate of drug-likeness (QED) is 0.0655. The highest BCUT2D eigenvalue weighted by atomic mass is 32.1. The van der Waals surface area contributed by atoms with Crippen LogP contribution in [0.15, 0.2) is 126 Å². The van der Waals surface area contributed by atoms with Crippen LogP contribution >= 0.6 is 34.0 Å². The minimum Gasteiger partial charge on any atom is -0.361 e. The van der Waals surface area contributed by atoms with Crippen LogP contribution in [0.4, 0.5) is 0 Å². The molecule has 3 aromatic carbocycles. The van der Waals surface area contributed by atoms with E-state index >= 15 is 0 Å². The zero-order chi connectivity index (χ0) is 40.7. The number of aromatic nitrogens is 1. The lowest BCUT2D eigenvalue weighted by molar-refractivity contribution is 0.556. The number of H-pyrrole nitrogens is 1. The van der Waals surface area contributed by atoms with Crippen LogP contribution in [-0.4, -0.2) is 4.98 Å². The lowest BCUT2D eigenvalue weighted by Gasteiger charge is -2.03. The predicted octanol–water partition coefficient (Wildman–Crippen LogP) is 18.9. The van der Waals surface area contributed by atoms with Crippen LogP contribution in [0.1, 0.15) is 152 Å². The summed E-state index contributed by atoms with van der Waals surface area (Å²) in [5.41, 5.74) is 3.97. The van der Waals surface area contributed by atoms with Gasteiger partial charge >= 0.3 is 0 Å². The number of hydrogen-bond acceptors (Lipinski definition) is 3. The molecule has 7 aromatic rings. The summed E-state index contributed by atoms with van der Waals surface area (Å²) >= 11 is 5.62. The number of aromatic amines is 1. The summed E-state index contributed by atoms with van der Waals surface area (Å²) in [6.07, 6.45) is 31.1. The van der Waals surface area contributed by atoms with Gasteiger partial charge in [0, 0.05) is 47.4 Å². The summed E-state index contributed by atoms with van der Waals surface area (Å²) in [5, 5.41) is 7.04. The molecule has 0 aliphatic rings. The molecule has 0 saturated heterocycles. The van der Waals surface area contributed by atoms with Crippen LogP contribution in [0.2, 0.25) is 0 Å². The highest BCUT2D eigenvalue weighted by Crippen LogP contribution is 2.39. The number of rotatable bonds is 22. The molecule has 0 unspecified atom stereocenters. The van der Waals surface area contributed by atoms with Gasteiger partial charge in [-0.3, -0.25) is 0 Å². The van der Waals surface area contributed by atoms with Crippen LogP contribution < -0.4 is 0 Å². The van der Waals surface area contributed by atoms with E-state index in [1.54, 1.807) is 9.75 Å². The molecule has 0 atom stereocenters. The highest BCUT2D eigenvalue weighted by molar-refractivity contribution is 7.25. The molecule has 1 nitrogen and oxygen atoms in total. The van der Waals surface area contributed by atoms with Crippen molar-refractivity contribution in [1.29, 1.82) is 0 Å². The van der Waals surface area contributed by atoms with Gasteiger partial charge in [0.2, 0.25) is 0 Å². The smallest absolute Gasteiger partial charge is 0.0460 e. The Labute approximate surface area is 365 Å². The first-order valence-corrected chi connectivity index (χ1v) is 25.4. The minimum absolute atomic E-state index is 1.18. The van der Waals surface area contributed by atoms with E-state index in [-0.39, 0.29) is 0 Å². The lowest BCUT2D eigenvalue weighted by Crippen LogP contribution is -1.86. The van der Waals surface area contributed by atoms with Gasteiger partial charge in [0.15, 0.2) is 0 Å². The average molecular weight is 832 g/mol. The van der Waals surface area contributed by atoms with Gasteiger partial charge in [-0.2, -0.15) is 0 Å². The van der Waals surface area contributed by atoms with E-state index < -0.39 is 0 Å². The Balaban J connectivity index is 0.000000176. The molecule has 1 N–H and O–H groups in total. The molecule has 0 aliphatic carbocycles. The molecule has 4 heterocycles. The second-order valence-electron chi connectivity index (χ2n) is 15.6. The van der Waals surface area contributed by atoms with E-state index in [0.717, 1.165) is 0 Å². The Morgan fingerprint density at radius 3 is 1.48 bits per heavy atom. The second-order valence-corrected chi connectivity index (χ2v) is 18.7. The summed E-state index contributed by atoms with van der Waals surface area (Å²) < 4.78 is 2.70. The maximum atomic E-state index is 3.30. The third-order valence-corrected chi connectivity index (χ3v) is 13.7. The molecule has 7 rings (SSSR count). The molecular formula is C54H73NS3. The fraction of sp³-hybridized carbons (Fsp3) is 0.444. The van der Waals surface area contributed by atoms with Crippen molar-refractivity contribution >= 4 is 54.2 Å². The van der Waals surface area contributed by atoms with Crippen molar-refractivity contribution in [2.24, 2.45) is 0 Å². The van der Waals surface area contributed by atoms with Crippen molar-refractivity contribution in [1.82, 2.24) is 4.98 Å². The number of thiophene rings is 3. The molecule has 58 heavy (non-hydrogen) atoms. The number of unbranched alkanes of at least 4 members (excludes halogenated alkanes) is 15. The normalized spacial score (nSPS) is 10.7. The third-order valence-electron chi connectivity index (χ3n) is 10.7.